The first-order valence-electron chi connectivity index (χ1n) is 8.75. The minimum Gasteiger partial charge on any atom is -0.496 e. The van der Waals surface area contributed by atoms with Gasteiger partial charge in [-0.2, -0.15) is 5.10 Å². The molecule has 27 heavy (non-hydrogen) atoms. The van der Waals surface area contributed by atoms with Crippen LogP contribution < -0.4 is 14.8 Å². The second-order valence-electron chi connectivity index (χ2n) is 6.48. The third-order valence-corrected chi connectivity index (χ3v) is 4.49. The Morgan fingerprint density at radius 1 is 1.26 bits per heavy atom. The molecule has 1 unspecified atom stereocenters. The van der Waals surface area contributed by atoms with E-state index in [2.05, 4.69) is 34.5 Å². The van der Waals surface area contributed by atoms with Gasteiger partial charge in [-0.1, -0.05) is 0 Å². The number of rotatable bonds is 6. The van der Waals surface area contributed by atoms with Gasteiger partial charge in [-0.05, 0) is 42.8 Å². The summed E-state index contributed by atoms with van der Waals surface area (Å²) in [7, 11) is 1.71. The molecule has 0 radical (unpaired) electrons. The smallest absolute Gasteiger partial charge is 0.153 e. The lowest BCUT2D eigenvalue weighted by Gasteiger charge is -2.12. The van der Waals surface area contributed by atoms with Gasteiger partial charge in [0.05, 0.1) is 7.11 Å². The first-order valence-corrected chi connectivity index (χ1v) is 8.75. The normalized spacial score (nSPS) is 15.0. The molecule has 3 aromatic rings. The van der Waals surface area contributed by atoms with Crippen molar-refractivity contribution in [1.29, 1.82) is 0 Å². The molecule has 0 fully saturated rings. The average Bonchev–Trinajstić information content (AvgIpc) is 3.30. The molecule has 0 saturated carbocycles. The van der Waals surface area contributed by atoms with Gasteiger partial charge in [0.2, 0.25) is 0 Å². The van der Waals surface area contributed by atoms with E-state index in [1.807, 2.05) is 24.4 Å². The Labute approximate surface area is 164 Å². The summed E-state index contributed by atoms with van der Waals surface area (Å²) >= 11 is 0. The molecule has 0 saturated heterocycles. The van der Waals surface area contributed by atoms with E-state index in [0.29, 0.717) is 6.54 Å². The molecule has 3 heterocycles. The second-order valence-corrected chi connectivity index (χ2v) is 6.48. The Balaban J connectivity index is 0.00000210. The van der Waals surface area contributed by atoms with E-state index in [-0.39, 0.29) is 18.5 Å². The Morgan fingerprint density at radius 3 is 2.93 bits per heavy atom. The van der Waals surface area contributed by atoms with E-state index in [4.69, 9.17) is 9.47 Å². The summed E-state index contributed by atoms with van der Waals surface area (Å²) in [5, 5.41) is 7.70. The number of hydrogen-bond donors (Lipinski definition) is 1. The predicted molar refractivity (Wildman–Crippen MR) is 106 cm³/mol. The maximum Gasteiger partial charge on any atom is 0.153 e. The van der Waals surface area contributed by atoms with Gasteiger partial charge in [0.25, 0.3) is 0 Å². The Kier molecular flexibility index (Phi) is 5.98. The van der Waals surface area contributed by atoms with Crippen molar-refractivity contribution in [3.8, 4) is 17.3 Å². The van der Waals surface area contributed by atoms with Crippen molar-refractivity contribution in [2.45, 2.75) is 32.5 Å². The van der Waals surface area contributed by atoms with Crippen molar-refractivity contribution in [2.75, 3.05) is 7.11 Å². The number of nitrogens with zero attached hydrogens (tertiary/aromatic N) is 3. The first kappa shape index (κ1) is 19.2. The Hall–Kier alpha value is -2.57. The van der Waals surface area contributed by atoms with Crippen LogP contribution in [0.2, 0.25) is 0 Å². The maximum atomic E-state index is 5.87. The number of benzene rings is 1. The van der Waals surface area contributed by atoms with Crippen molar-refractivity contribution < 1.29 is 9.47 Å². The number of hydrogen-bond acceptors (Lipinski definition) is 5. The molecular formula is C20H23ClN4O2. The summed E-state index contributed by atoms with van der Waals surface area (Å²) in [6, 6.07) is 10.1. The number of ether oxygens (including phenoxy) is 2. The fraction of sp³-hybridized carbons (Fsp3) is 0.300. The van der Waals surface area contributed by atoms with E-state index in [9.17, 15) is 0 Å². The molecule has 0 spiro atoms. The second kappa shape index (κ2) is 8.41. The van der Waals surface area contributed by atoms with Crippen molar-refractivity contribution in [3.63, 3.8) is 0 Å². The Bertz CT molecular complexity index is 899. The fourth-order valence-electron chi connectivity index (χ4n) is 3.25. The molecule has 6 nitrogen and oxygen atoms in total. The fourth-order valence-corrected chi connectivity index (χ4v) is 3.25. The summed E-state index contributed by atoms with van der Waals surface area (Å²) < 4.78 is 13.2. The summed E-state index contributed by atoms with van der Waals surface area (Å²) in [6.45, 7) is 3.52. The van der Waals surface area contributed by atoms with Crippen LogP contribution in [0.25, 0.3) is 5.82 Å². The average molecular weight is 387 g/mol. The van der Waals surface area contributed by atoms with Gasteiger partial charge in [-0.15, -0.1) is 12.4 Å². The van der Waals surface area contributed by atoms with E-state index in [1.165, 1.54) is 5.56 Å². The quantitative estimate of drug-likeness (QED) is 0.704. The third-order valence-electron chi connectivity index (χ3n) is 4.49. The zero-order valence-corrected chi connectivity index (χ0v) is 16.2. The molecule has 1 aliphatic heterocycles. The number of aromatic nitrogens is 3. The maximum absolute atomic E-state index is 5.87. The van der Waals surface area contributed by atoms with Crippen LogP contribution in [0.3, 0.4) is 0 Å². The van der Waals surface area contributed by atoms with Crippen molar-refractivity contribution >= 4 is 12.4 Å². The highest BCUT2D eigenvalue weighted by molar-refractivity contribution is 5.85. The summed E-state index contributed by atoms with van der Waals surface area (Å²) in [6.07, 6.45) is 6.60. The molecule has 0 aliphatic carbocycles. The standard InChI is InChI=1S/C20H22N4O2.ClH/c1-14-8-16-10-18(25-2)17(11-19(16)26-14)13-21-12-15-4-6-22-20(9-15)24-7-3-5-23-24;/h3-7,9-11,14,21H,8,12-13H2,1-2H3;1H. The monoisotopic (exact) mass is 386 g/mol. The van der Waals surface area contributed by atoms with Crippen LogP contribution in [-0.4, -0.2) is 28.0 Å². The third kappa shape index (κ3) is 4.23. The van der Waals surface area contributed by atoms with E-state index < -0.39 is 0 Å². The highest BCUT2D eigenvalue weighted by Crippen LogP contribution is 2.34. The van der Waals surface area contributed by atoms with E-state index in [1.54, 1.807) is 24.2 Å². The van der Waals surface area contributed by atoms with Crippen LogP contribution in [0.15, 0.2) is 48.9 Å². The van der Waals surface area contributed by atoms with Crippen molar-refractivity contribution in [3.05, 3.63) is 65.6 Å². The molecule has 1 aliphatic rings. The first-order chi connectivity index (χ1) is 12.7. The molecule has 4 rings (SSSR count). The number of nitrogens with one attached hydrogen (secondary N) is 1. The van der Waals surface area contributed by atoms with Crippen LogP contribution in [0.1, 0.15) is 23.6 Å². The van der Waals surface area contributed by atoms with Gasteiger partial charge in [0.15, 0.2) is 5.82 Å². The minimum atomic E-state index is 0. The lowest BCUT2D eigenvalue weighted by atomic mass is 10.1. The lowest BCUT2D eigenvalue weighted by Crippen LogP contribution is -2.14. The van der Waals surface area contributed by atoms with E-state index in [0.717, 1.165) is 41.4 Å². The van der Waals surface area contributed by atoms with Crippen LogP contribution in [-0.2, 0) is 19.5 Å². The van der Waals surface area contributed by atoms with Gasteiger partial charge in [-0.3, -0.25) is 0 Å². The SMILES string of the molecule is COc1cc2c(cc1CNCc1ccnc(-n3cccn3)c1)OC(C)C2.Cl. The summed E-state index contributed by atoms with van der Waals surface area (Å²) in [5.41, 5.74) is 3.47. The molecule has 142 valence electrons. The highest BCUT2D eigenvalue weighted by Gasteiger charge is 2.21. The number of pyridine rings is 1. The molecule has 1 atom stereocenters. The highest BCUT2D eigenvalue weighted by atomic mass is 35.5. The molecule has 1 aromatic carbocycles. The van der Waals surface area contributed by atoms with Gasteiger partial charge < -0.3 is 14.8 Å². The molecule has 7 heteroatoms. The summed E-state index contributed by atoms with van der Waals surface area (Å²) in [5.74, 6) is 2.69. The minimum absolute atomic E-state index is 0. The van der Waals surface area contributed by atoms with Crippen molar-refractivity contribution in [2.24, 2.45) is 0 Å². The number of halogens is 1. The van der Waals surface area contributed by atoms with Gasteiger partial charge >= 0.3 is 0 Å². The van der Waals surface area contributed by atoms with Crippen LogP contribution >= 0.6 is 12.4 Å². The van der Waals surface area contributed by atoms with Crippen LogP contribution in [0.4, 0.5) is 0 Å². The molecular weight excluding hydrogens is 364 g/mol. The van der Waals surface area contributed by atoms with Gasteiger partial charge in [0.1, 0.15) is 17.6 Å². The zero-order chi connectivity index (χ0) is 17.9. The molecule has 0 amide bonds. The molecule has 2 aromatic heterocycles. The largest absolute Gasteiger partial charge is 0.496 e. The van der Waals surface area contributed by atoms with Crippen LogP contribution in [0, 0.1) is 0 Å². The zero-order valence-electron chi connectivity index (χ0n) is 15.4. The topological polar surface area (TPSA) is 61.2 Å². The molecule has 0 bridgehead atoms. The van der Waals surface area contributed by atoms with Crippen molar-refractivity contribution in [1.82, 2.24) is 20.1 Å². The van der Waals surface area contributed by atoms with Gasteiger partial charge in [-0.25, -0.2) is 9.67 Å². The Morgan fingerprint density at radius 2 is 2.15 bits per heavy atom. The predicted octanol–water partition coefficient (Wildman–Crippen LogP) is 3.31. The number of methoxy groups -OCH3 is 1. The summed E-state index contributed by atoms with van der Waals surface area (Å²) in [4.78, 5) is 4.36. The van der Waals surface area contributed by atoms with Crippen LogP contribution in [0.5, 0.6) is 11.5 Å². The lowest BCUT2D eigenvalue weighted by molar-refractivity contribution is 0.254. The van der Waals surface area contributed by atoms with E-state index >= 15 is 0 Å². The van der Waals surface area contributed by atoms with Gasteiger partial charge in [0, 0.05) is 49.2 Å². The molecule has 1 N–H and O–H groups in total. The number of fused-ring (bicyclic) bond motifs is 1.